The maximum absolute atomic E-state index is 10.0. The first kappa shape index (κ1) is 13.0. The highest BCUT2D eigenvalue weighted by Crippen LogP contribution is 2.24. The number of nitrogens with zero attached hydrogens (tertiary/aromatic N) is 1. The summed E-state index contributed by atoms with van der Waals surface area (Å²) in [6.07, 6.45) is 1.95. The number of nitrogens with two attached hydrogens (primary N) is 1. The average Bonchev–Trinajstić information content (AvgIpc) is 2.71. The third-order valence-electron chi connectivity index (χ3n) is 2.53. The lowest BCUT2D eigenvalue weighted by atomic mass is 10.1. The predicted molar refractivity (Wildman–Crippen MR) is 75.9 cm³/mol. The molecule has 4 N–H and O–H groups in total. The van der Waals surface area contributed by atoms with Crippen LogP contribution >= 0.6 is 11.8 Å². The van der Waals surface area contributed by atoms with Crippen LogP contribution in [-0.4, -0.2) is 34.2 Å². The number of nitrogen functional groups attached to an aromatic ring is 1. The van der Waals surface area contributed by atoms with E-state index >= 15 is 0 Å². The van der Waals surface area contributed by atoms with Crippen molar-refractivity contribution in [3.63, 3.8) is 0 Å². The highest BCUT2D eigenvalue weighted by Gasteiger charge is 2.20. The van der Waals surface area contributed by atoms with Gasteiger partial charge < -0.3 is 20.6 Å². The molecule has 2 aromatic rings. The van der Waals surface area contributed by atoms with Gasteiger partial charge in [0.15, 0.2) is 5.58 Å². The number of para-hydroxylation sites is 1. The number of thioether (sulfide) groups is 1. The molecule has 1 unspecified atom stereocenters. The highest BCUT2D eigenvalue weighted by molar-refractivity contribution is 7.98. The van der Waals surface area contributed by atoms with Crippen LogP contribution in [0.5, 0.6) is 0 Å². The molecule has 0 aliphatic carbocycles. The van der Waals surface area contributed by atoms with Crippen molar-refractivity contribution < 1.29 is 9.52 Å². The van der Waals surface area contributed by atoms with E-state index in [2.05, 4.69) is 10.3 Å². The van der Waals surface area contributed by atoms with E-state index in [1.54, 1.807) is 24.8 Å². The predicted octanol–water partition coefficient (Wildman–Crippen LogP) is 1.94. The van der Waals surface area contributed by atoms with Crippen LogP contribution in [-0.2, 0) is 0 Å². The van der Waals surface area contributed by atoms with Gasteiger partial charge in [-0.1, -0.05) is 6.07 Å². The average molecular weight is 267 g/mol. The molecular formula is C12H17N3O2S. The third kappa shape index (κ3) is 2.88. The van der Waals surface area contributed by atoms with Gasteiger partial charge in [0, 0.05) is 12.3 Å². The Kier molecular flexibility index (Phi) is 3.68. The number of benzene rings is 1. The van der Waals surface area contributed by atoms with Crippen molar-refractivity contribution in [3.8, 4) is 0 Å². The molecule has 0 saturated carbocycles. The van der Waals surface area contributed by atoms with Crippen LogP contribution in [0.4, 0.5) is 11.7 Å². The molecule has 1 atom stereocenters. The van der Waals surface area contributed by atoms with Crippen LogP contribution in [0.3, 0.4) is 0 Å². The minimum absolute atomic E-state index is 0.376. The van der Waals surface area contributed by atoms with Crippen LogP contribution < -0.4 is 11.1 Å². The fourth-order valence-corrected chi connectivity index (χ4v) is 2.40. The summed E-state index contributed by atoms with van der Waals surface area (Å²) in [7, 11) is 0. The molecule has 1 heterocycles. The molecule has 18 heavy (non-hydrogen) atoms. The van der Waals surface area contributed by atoms with E-state index in [0.717, 1.165) is 0 Å². The van der Waals surface area contributed by atoms with E-state index in [1.807, 2.05) is 18.4 Å². The van der Waals surface area contributed by atoms with Gasteiger partial charge in [-0.25, -0.2) is 0 Å². The molecule has 0 radical (unpaired) electrons. The van der Waals surface area contributed by atoms with Gasteiger partial charge in [-0.3, -0.25) is 0 Å². The summed E-state index contributed by atoms with van der Waals surface area (Å²) >= 11 is 1.59. The van der Waals surface area contributed by atoms with Crippen molar-refractivity contribution in [1.82, 2.24) is 4.98 Å². The Morgan fingerprint density at radius 1 is 1.56 bits per heavy atom. The summed E-state index contributed by atoms with van der Waals surface area (Å²) < 4.78 is 5.50. The van der Waals surface area contributed by atoms with Crippen molar-refractivity contribution in [2.24, 2.45) is 0 Å². The number of rotatable bonds is 5. The molecule has 5 nitrogen and oxygen atoms in total. The molecule has 2 rings (SSSR count). The third-order valence-corrected chi connectivity index (χ3v) is 3.44. The molecule has 0 fully saturated rings. The zero-order valence-electron chi connectivity index (χ0n) is 10.4. The zero-order valence-corrected chi connectivity index (χ0v) is 11.3. The molecule has 1 aromatic heterocycles. The summed E-state index contributed by atoms with van der Waals surface area (Å²) in [4.78, 5) is 4.25. The van der Waals surface area contributed by atoms with Crippen molar-refractivity contribution in [2.45, 2.75) is 12.5 Å². The van der Waals surface area contributed by atoms with E-state index < -0.39 is 5.60 Å². The highest BCUT2D eigenvalue weighted by atomic mass is 32.2. The van der Waals surface area contributed by atoms with Crippen molar-refractivity contribution in [3.05, 3.63) is 18.2 Å². The molecule has 0 spiro atoms. The summed E-state index contributed by atoms with van der Waals surface area (Å²) in [5, 5.41) is 13.0. The Balaban J connectivity index is 2.11. The molecule has 0 bridgehead atoms. The van der Waals surface area contributed by atoms with Gasteiger partial charge in [0.2, 0.25) is 0 Å². The number of fused-ring (bicyclic) bond motifs is 1. The van der Waals surface area contributed by atoms with Gasteiger partial charge in [-0.15, -0.1) is 0 Å². The monoisotopic (exact) mass is 267 g/mol. The van der Waals surface area contributed by atoms with Gasteiger partial charge in [-0.05, 0) is 25.3 Å². The van der Waals surface area contributed by atoms with Crippen LogP contribution in [0, 0.1) is 0 Å². The molecule has 0 aliphatic heterocycles. The first-order valence-electron chi connectivity index (χ1n) is 5.62. The van der Waals surface area contributed by atoms with Crippen molar-refractivity contribution in [2.75, 3.05) is 29.6 Å². The van der Waals surface area contributed by atoms with Crippen LogP contribution in [0.1, 0.15) is 6.92 Å². The Bertz CT molecular complexity index is 539. The number of oxazole rings is 1. The zero-order chi connectivity index (χ0) is 13.2. The Hall–Kier alpha value is -1.40. The number of aromatic nitrogens is 1. The minimum atomic E-state index is -0.800. The number of aliphatic hydroxyl groups is 1. The topological polar surface area (TPSA) is 84.3 Å². The lowest BCUT2D eigenvalue weighted by Crippen LogP contribution is -2.36. The van der Waals surface area contributed by atoms with E-state index in [1.165, 1.54) is 0 Å². The molecule has 98 valence electrons. The second-order valence-electron chi connectivity index (χ2n) is 4.50. The van der Waals surface area contributed by atoms with E-state index in [-0.39, 0.29) is 0 Å². The van der Waals surface area contributed by atoms with Gasteiger partial charge in [-0.2, -0.15) is 16.7 Å². The van der Waals surface area contributed by atoms with E-state index in [0.29, 0.717) is 35.1 Å². The van der Waals surface area contributed by atoms with E-state index in [9.17, 15) is 5.11 Å². The maximum atomic E-state index is 10.0. The number of hydrogen-bond donors (Lipinski definition) is 3. The number of anilines is 2. The first-order chi connectivity index (χ1) is 8.52. The van der Waals surface area contributed by atoms with Gasteiger partial charge in [0.1, 0.15) is 5.52 Å². The maximum Gasteiger partial charge on any atom is 0.295 e. The summed E-state index contributed by atoms with van der Waals surface area (Å²) in [6, 6.07) is 5.78. The summed E-state index contributed by atoms with van der Waals surface area (Å²) in [5.74, 6) is 0.641. The normalized spacial score (nSPS) is 14.6. The summed E-state index contributed by atoms with van der Waals surface area (Å²) in [6.45, 7) is 2.15. The molecule has 0 saturated heterocycles. The SMILES string of the molecule is CSCC(C)(O)CNc1nc2c(N)cccc2o1. The molecular weight excluding hydrogens is 250 g/mol. The second-order valence-corrected chi connectivity index (χ2v) is 5.36. The lowest BCUT2D eigenvalue weighted by Gasteiger charge is -2.21. The Morgan fingerprint density at radius 3 is 3.00 bits per heavy atom. The lowest BCUT2D eigenvalue weighted by molar-refractivity contribution is 0.0991. The van der Waals surface area contributed by atoms with Crippen molar-refractivity contribution in [1.29, 1.82) is 0 Å². The molecule has 0 amide bonds. The fraction of sp³-hybridized carbons (Fsp3) is 0.417. The number of nitrogens with one attached hydrogen (secondary N) is 1. The van der Waals surface area contributed by atoms with Crippen LogP contribution in [0.2, 0.25) is 0 Å². The molecule has 0 aliphatic rings. The molecule has 1 aromatic carbocycles. The van der Waals surface area contributed by atoms with Gasteiger partial charge in [0.25, 0.3) is 6.01 Å². The van der Waals surface area contributed by atoms with Crippen LogP contribution in [0.25, 0.3) is 11.1 Å². The smallest absolute Gasteiger partial charge is 0.295 e. The Labute approximate surface area is 110 Å². The molecule has 6 heteroatoms. The van der Waals surface area contributed by atoms with E-state index in [4.69, 9.17) is 10.2 Å². The van der Waals surface area contributed by atoms with Crippen molar-refractivity contribution >= 4 is 34.6 Å². The summed E-state index contributed by atoms with van der Waals surface area (Å²) in [5.41, 5.74) is 6.86. The van der Waals surface area contributed by atoms with Gasteiger partial charge in [0.05, 0.1) is 11.3 Å². The minimum Gasteiger partial charge on any atom is -0.423 e. The number of hydrogen-bond acceptors (Lipinski definition) is 6. The Morgan fingerprint density at radius 2 is 2.33 bits per heavy atom. The fourth-order valence-electron chi connectivity index (χ4n) is 1.67. The first-order valence-corrected chi connectivity index (χ1v) is 7.01. The standard InChI is InChI=1S/C12H17N3O2S/c1-12(16,7-18-2)6-14-11-15-10-8(13)4-3-5-9(10)17-11/h3-5,16H,6-7,13H2,1-2H3,(H,14,15). The van der Waals surface area contributed by atoms with Crippen LogP contribution in [0.15, 0.2) is 22.6 Å². The largest absolute Gasteiger partial charge is 0.423 e. The second kappa shape index (κ2) is 5.07. The van der Waals surface area contributed by atoms with Gasteiger partial charge >= 0.3 is 0 Å². The quantitative estimate of drug-likeness (QED) is 0.718.